The summed E-state index contributed by atoms with van der Waals surface area (Å²) in [6, 6.07) is 10.1. The van der Waals surface area contributed by atoms with Crippen molar-refractivity contribution in [3.8, 4) is 6.07 Å². The maximum Gasteiger partial charge on any atom is 0.392 e. The molecule has 9 nitrogen and oxygen atoms in total. The summed E-state index contributed by atoms with van der Waals surface area (Å²) in [5.41, 5.74) is 5.68. The van der Waals surface area contributed by atoms with Gasteiger partial charge in [-0.2, -0.15) is 18.4 Å². The quantitative estimate of drug-likeness (QED) is 0.271. The van der Waals surface area contributed by atoms with Crippen LogP contribution in [0.2, 0.25) is 0 Å². The summed E-state index contributed by atoms with van der Waals surface area (Å²) >= 11 is 0. The highest BCUT2D eigenvalue weighted by molar-refractivity contribution is 7.81. The van der Waals surface area contributed by atoms with Crippen LogP contribution >= 0.6 is 0 Å². The lowest BCUT2D eigenvalue weighted by atomic mass is 10.0. The maximum absolute atomic E-state index is 13.0. The number of benzene rings is 1. The van der Waals surface area contributed by atoms with Gasteiger partial charge in [0.25, 0.3) is 0 Å². The number of likely N-dealkylation sites (tertiary alicyclic amines) is 1. The van der Waals surface area contributed by atoms with Crippen LogP contribution in [0.25, 0.3) is 17.0 Å². The average Bonchev–Trinajstić information content (AvgIpc) is 3.53. The van der Waals surface area contributed by atoms with Crippen LogP contribution in [0, 0.1) is 25.2 Å². The first-order valence-electron chi connectivity index (χ1n) is 17.2. The summed E-state index contributed by atoms with van der Waals surface area (Å²) in [5, 5.41) is 14.7. The number of allylic oxidation sites excluding steroid dienone is 1. The van der Waals surface area contributed by atoms with E-state index >= 15 is 0 Å². The van der Waals surface area contributed by atoms with E-state index in [0.29, 0.717) is 34.9 Å². The number of halogens is 3. The molecule has 1 aromatic carbocycles. The first kappa shape index (κ1) is 35.5. The highest BCUT2D eigenvalue weighted by Gasteiger charge is 2.43. The zero-order valence-corrected chi connectivity index (χ0v) is 29.9. The fourth-order valence-corrected chi connectivity index (χ4v) is 8.99. The molecule has 2 bridgehead atoms. The van der Waals surface area contributed by atoms with Gasteiger partial charge in [0, 0.05) is 86.2 Å². The van der Waals surface area contributed by atoms with Crippen molar-refractivity contribution in [1.82, 2.24) is 28.6 Å². The highest BCUT2D eigenvalue weighted by Crippen LogP contribution is 2.35. The third-order valence-corrected chi connectivity index (χ3v) is 11.7. The fraction of sp³-hybridized carbons (Fsp3) is 0.583. The van der Waals surface area contributed by atoms with Gasteiger partial charge in [0.1, 0.15) is 23.9 Å². The number of nitriles is 1. The third kappa shape index (κ3) is 7.88. The first-order valence-corrected chi connectivity index (χ1v) is 18.7. The Hall–Kier alpha value is -3.31. The minimum atomic E-state index is -4.26. The minimum absolute atomic E-state index is 0.153. The zero-order chi connectivity index (χ0) is 35.0. The number of hydrogen-bond donors (Lipinski definition) is 1. The largest absolute Gasteiger partial charge is 0.392 e. The number of piperazine rings is 1. The monoisotopic (exact) mass is 696 g/mol. The van der Waals surface area contributed by atoms with Gasteiger partial charge in [-0.05, 0) is 76.6 Å². The number of fused-ring (bicyclic) bond motifs is 3. The molecule has 0 amide bonds. The normalized spacial score (nSPS) is 22.8. The molecule has 5 heterocycles. The lowest BCUT2D eigenvalue weighted by Crippen LogP contribution is -2.57. The highest BCUT2D eigenvalue weighted by atomic mass is 32.2. The Morgan fingerprint density at radius 1 is 1.14 bits per heavy atom. The van der Waals surface area contributed by atoms with E-state index < -0.39 is 23.6 Å². The molecule has 3 aliphatic heterocycles. The van der Waals surface area contributed by atoms with Crippen LogP contribution in [0.15, 0.2) is 30.1 Å². The van der Waals surface area contributed by atoms with E-state index in [1.165, 1.54) is 24.4 Å². The second-order valence-corrected chi connectivity index (χ2v) is 15.5. The van der Waals surface area contributed by atoms with E-state index in [9.17, 15) is 22.6 Å². The molecule has 0 spiro atoms. The molecule has 0 radical (unpaired) electrons. The molecule has 3 saturated heterocycles. The molecule has 4 unspecified atom stereocenters. The summed E-state index contributed by atoms with van der Waals surface area (Å²) in [4.78, 5) is 13.7. The molecular formula is C36H47F3N8OS. The Balaban J connectivity index is 1.10. The number of hydrogen-bond acceptors (Lipinski definition) is 7. The van der Waals surface area contributed by atoms with Gasteiger partial charge in [0.15, 0.2) is 0 Å². The summed E-state index contributed by atoms with van der Waals surface area (Å²) in [6.07, 6.45) is 3.56. The maximum atomic E-state index is 13.0. The van der Waals surface area contributed by atoms with Crippen LogP contribution in [0.5, 0.6) is 0 Å². The standard InChI is InChI=1S/C36H47F3N8OS/c1-23(16-36(37,38)39)14-33-26(4)41-22-42-35(33)43-28-10-12-44(13-11-28)19-27-6-9-34-32(25(27)3)15-31(17-40)46(34)18-24(2)47-29-7-8-30(47)21-45(20-29)49(5)48/h6,9,14-15,22,24,28-30H,7-8,10-13,16,18-21H2,1-5H3,(H,41,42,43)/b23-14+. The minimum Gasteiger partial charge on any atom is -0.367 e. The van der Waals surface area contributed by atoms with Crippen molar-refractivity contribution in [2.45, 2.75) is 103 Å². The molecule has 0 saturated carbocycles. The van der Waals surface area contributed by atoms with Crippen molar-refractivity contribution in [3.05, 3.63) is 58.2 Å². The number of alkyl halides is 3. The fourth-order valence-electron chi connectivity index (χ4n) is 8.22. The van der Waals surface area contributed by atoms with Crippen LogP contribution in [0.3, 0.4) is 0 Å². The van der Waals surface area contributed by atoms with Gasteiger partial charge in [0.05, 0.1) is 23.1 Å². The summed E-state index contributed by atoms with van der Waals surface area (Å²) < 4.78 is 55.3. The predicted molar refractivity (Wildman–Crippen MR) is 188 cm³/mol. The van der Waals surface area contributed by atoms with Crippen LogP contribution in [-0.4, -0.2) is 95.6 Å². The van der Waals surface area contributed by atoms with E-state index in [2.05, 4.69) is 66.0 Å². The van der Waals surface area contributed by atoms with Crippen molar-refractivity contribution in [3.63, 3.8) is 0 Å². The number of nitrogens with one attached hydrogen (secondary N) is 1. The Morgan fingerprint density at radius 2 is 1.84 bits per heavy atom. The molecule has 4 atom stereocenters. The number of aromatic nitrogens is 3. The van der Waals surface area contributed by atoms with Crippen LogP contribution in [-0.2, 0) is 24.1 Å². The molecule has 3 fully saturated rings. The topological polar surface area (TPSA) is 93.3 Å². The molecule has 0 aliphatic carbocycles. The molecule has 3 aromatic rings. The van der Waals surface area contributed by atoms with Gasteiger partial charge < -0.3 is 9.88 Å². The summed E-state index contributed by atoms with van der Waals surface area (Å²) in [6.45, 7) is 12.7. The van der Waals surface area contributed by atoms with Crippen molar-refractivity contribution < 1.29 is 17.4 Å². The van der Waals surface area contributed by atoms with Crippen molar-refractivity contribution >= 4 is 33.8 Å². The Labute approximate surface area is 289 Å². The van der Waals surface area contributed by atoms with Gasteiger partial charge in [-0.3, -0.25) is 9.80 Å². The SMILES string of the molecule is C/C(=C\c1c(C)ncnc1NC1CCN(Cc2ccc3c(cc(C#N)n3CC(C)N3C4CCC3CN(S(C)=O)C4)c2C)CC1)CC(F)(F)F. The molecule has 49 heavy (non-hydrogen) atoms. The molecular weight excluding hydrogens is 650 g/mol. The van der Waals surface area contributed by atoms with Gasteiger partial charge in [0.2, 0.25) is 0 Å². The van der Waals surface area contributed by atoms with Crippen molar-refractivity contribution in [1.29, 1.82) is 5.26 Å². The van der Waals surface area contributed by atoms with E-state index in [4.69, 9.17) is 0 Å². The van der Waals surface area contributed by atoms with E-state index in [1.807, 2.05) is 6.07 Å². The van der Waals surface area contributed by atoms with Crippen LogP contribution in [0.1, 0.15) is 74.0 Å². The van der Waals surface area contributed by atoms with E-state index in [0.717, 1.165) is 75.9 Å². The van der Waals surface area contributed by atoms with Crippen LogP contribution in [0.4, 0.5) is 19.0 Å². The van der Waals surface area contributed by atoms with E-state index in [-0.39, 0.29) is 17.7 Å². The first-order chi connectivity index (χ1) is 23.3. The molecule has 1 N–H and O–H groups in total. The van der Waals surface area contributed by atoms with Gasteiger partial charge in [-0.25, -0.2) is 18.5 Å². The van der Waals surface area contributed by atoms with Crippen molar-refractivity contribution in [2.24, 2.45) is 0 Å². The average molecular weight is 697 g/mol. The number of anilines is 1. The van der Waals surface area contributed by atoms with Gasteiger partial charge in [-0.15, -0.1) is 0 Å². The molecule has 6 rings (SSSR count). The Kier molecular flexibility index (Phi) is 10.5. The number of rotatable bonds is 10. The Morgan fingerprint density at radius 3 is 2.47 bits per heavy atom. The molecule has 264 valence electrons. The zero-order valence-electron chi connectivity index (χ0n) is 29.1. The smallest absolute Gasteiger partial charge is 0.367 e. The van der Waals surface area contributed by atoms with Crippen molar-refractivity contribution in [2.75, 3.05) is 37.8 Å². The predicted octanol–water partition coefficient (Wildman–Crippen LogP) is 6.18. The second-order valence-electron chi connectivity index (χ2n) is 14.2. The lowest BCUT2D eigenvalue weighted by molar-refractivity contribution is -0.126. The third-order valence-electron chi connectivity index (χ3n) is 10.7. The number of aryl methyl sites for hydroxylation is 2. The summed E-state index contributed by atoms with van der Waals surface area (Å²) in [5.74, 6) is 0.577. The van der Waals surface area contributed by atoms with Gasteiger partial charge in [-0.1, -0.05) is 17.7 Å². The second kappa shape index (κ2) is 14.5. The number of nitrogens with zero attached hydrogens (tertiary/aromatic N) is 7. The lowest BCUT2D eigenvalue weighted by Gasteiger charge is -2.43. The molecule has 2 aromatic heterocycles. The molecule has 3 aliphatic rings. The number of piperidine rings is 1. The summed E-state index contributed by atoms with van der Waals surface area (Å²) in [7, 11) is -0.945. The molecule has 13 heteroatoms. The van der Waals surface area contributed by atoms with Crippen LogP contribution < -0.4 is 5.32 Å². The van der Waals surface area contributed by atoms with Gasteiger partial charge >= 0.3 is 6.18 Å². The van der Waals surface area contributed by atoms with E-state index in [1.54, 1.807) is 19.3 Å². The Bertz CT molecular complexity index is 1760.